The second kappa shape index (κ2) is 9.25. The van der Waals surface area contributed by atoms with Gasteiger partial charge < -0.3 is 14.7 Å². The standard InChI is InChI=1S/C25H27NO2/c1-4-9-19-10-6-8-13-22(19)24(27)18-23-21-12-7-5-11-20(21)14-15-25(23)28-17-16-26(2)3/h4-15,27H,1,16-18H2,2-3H3/b19-9-,24-22-. The Labute approximate surface area is 166 Å². The third-order valence-corrected chi connectivity index (χ3v) is 4.71. The minimum Gasteiger partial charge on any atom is -0.511 e. The molecule has 3 nitrogen and oxygen atoms in total. The summed E-state index contributed by atoms with van der Waals surface area (Å²) in [6.45, 7) is 5.20. The van der Waals surface area contributed by atoms with Gasteiger partial charge in [-0.15, -0.1) is 0 Å². The summed E-state index contributed by atoms with van der Waals surface area (Å²) >= 11 is 0. The van der Waals surface area contributed by atoms with Crippen LogP contribution < -0.4 is 15.2 Å². The van der Waals surface area contributed by atoms with Crippen molar-refractivity contribution in [2.45, 2.75) is 6.42 Å². The van der Waals surface area contributed by atoms with Gasteiger partial charge in [0.1, 0.15) is 18.1 Å². The molecule has 0 aliphatic rings. The van der Waals surface area contributed by atoms with Gasteiger partial charge in [-0.25, -0.2) is 0 Å². The van der Waals surface area contributed by atoms with E-state index in [2.05, 4.69) is 29.7 Å². The molecule has 3 rings (SSSR count). The van der Waals surface area contributed by atoms with Crippen molar-refractivity contribution in [3.8, 4) is 5.75 Å². The fourth-order valence-corrected chi connectivity index (χ4v) is 3.27. The summed E-state index contributed by atoms with van der Waals surface area (Å²) < 4.78 is 6.08. The molecule has 0 saturated heterocycles. The van der Waals surface area contributed by atoms with E-state index in [4.69, 9.17) is 4.74 Å². The quantitative estimate of drug-likeness (QED) is 0.686. The lowest BCUT2D eigenvalue weighted by molar-refractivity contribution is 0.260. The van der Waals surface area contributed by atoms with Crippen LogP contribution in [0.25, 0.3) is 22.6 Å². The van der Waals surface area contributed by atoms with Crippen LogP contribution in [0.15, 0.2) is 73.3 Å². The Morgan fingerprint density at radius 2 is 1.79 bits per heavy atom. The van der Waals surface area contributed by atoms with Crippen molar-refractivity contribution >= 4 is 22.6 Å². The summed E-state index contributed by atoms with van der Waals surface area (Å²) in [4.78, 5) is 2.09. The zero-order valence-electron chi connectivity index (χ0n) is 16.6. The van der Waals surface area contributed by atoms with Crippen molar-refractivity contribution in [3.63, 3.8) is 0 Å². The molecule has 3 aromatic carbocycles. The molecule has 28 heavy (non-hydrogen) atoms. The second-order valence-corrected chi connectivity index (χ2v) is 7.03. The van der Waals surface area contributed by atoms with Gasteiger partial charge in [-0.2, -0.15) is 0 Å². The molecular formula is C25H27NO2. The van der Waals surface area contributed by atoms with Gasteiger partial charge in [0.2, 0.25) is 0 Å². The van der Waals surface area contributed by atoms with Crippen LogP contribution in [0.2, 0.25) is 0 Å². The van der Waals surface area contributed by atoms with E-state index in [0.717, 1.165) is 39.1 Å². The first-order valence-corrected chi connectivity index (χ1v) is 9.48. The van der Waals surface area contributed by atoms with E-state index in [1.807, 2.05) is 62.6 Å². The van der Waals surface area contributed by atoms with Gasteiger partial charge >= 0.3 is 0 Å². The Bertz CT molecular complexity index is 1080. The van der Waals surface area contributed by atoms with E-state index < -0.39 is 0 Å². The monoisotopic (exact) mass is 373 g/mol. The second-order valence-electron chi connectivity index (χ2n) is 7.03. The maximum absolute atomic E-state index is 11.0. The summed E-state index contributed by atoms with van der Waals surface area (Å²) in [5.74, 6) is 1.14. The number of hydrogen-bond acceptors (Lipinski definition) is 3. The average molecular weight is 373 g/mol. The molecule has 0 unspecified atom stereocenters. The van der Waals surface area contributed by atoms with Crippen molar-refractivity contribution in [3.05, 3.63) is 89.3 Å². The van der Waals surface area contributed by atoms with Gasteiger partial charge in [-0.05, 0) is 36.2 Å². The van der Waals surface area contributed by atoms with Crippen molar-refractivity contribution in [2.24, 2.45) is 0 Å². The highest BCUT2D eigenvalue weighted by Crippen LogP contribution is 2.30. The highest BCUT2D eigenvalue weighted by Gasteiger charge is 2.12. The molecule has 0 fully saturated rings. The molecule has 144 valence electrons. The van der Waals surface area contributed by atoms with Crippen molar-refractivity contribution in [1.82, 2.24) is 4.90 Å². The van der Waals surface area contributed by atoms with Crippen molar-refractivity contribution < 1.29 is 9.84 Å². The Kier molecular flexibility index (Phi) is 6.51. The average Bonchev–Trinajstić information content (AvgIpc) is 2.70. The zero-order valence-corrected chi connectivity index (χ0v) is 16.6. The SMILES string of the molecule is C=C/C=c1/cccc/c1=C(/O)Cc1c(OCCN(C)C)ccc2ccccc12. The number of aliphatic hydroxyl groups is 1. The number of nitrogens with zero attached hydrogens (tertiary/aromatic N) is 1. The minimum atomic E-state index is 0.322. The predicted molar refractivity (Wildman–Crippen MR) is 118 cm³/mol. The highest BCUT2D eigenvalue weighted by atomic mass is 16.5. The molecule has 0 saturated carbocycles. The van der Waals surface area contributed by atoms with E-state index in [9.17, 15) is 5.11 Å². The van der Waals surface area contributed by atoms with Crippen LogP contribution in [0.3, 0.4) is 0 Å². The third kappa shape index (κ3) is 4.62. The zero-order chi connectivity index (χ0) is 19.9. The number of likely N-dealkylation sites (N-methyl/N-ethyl adjacent to an activating group) is 1. The van der Waals surface area contributed by atoms with Gasteiger partial charge in [0.05, 0.1) is 0 Å². The van der Waals surface area contributed by atoms with Crippen LogP contribution in [0.5, 0.6) is 5.75 Å². The van der Waals surface area contributed by atoms with Crippen LogP contribution in [0.4, 0.5) is 0 Å². The number of hydrogen-bond donors (Lipinski definition) is 1. The lowest BCUT2D eigenvalue weighted by Gasteiger charge is -2.16. The maximum atomic E-state index is 11.0. The molecule has 3 aromatic rings. The van der Waals surface area contributed by atoms with Gasteiger partial charge in [0, 0.05) is 23.7 Å². The summed E-state index contributed by atoms with van der Waals surface area (Å²) in [6.07, 6.45) is 4.05. The molecule has 0 radical (unpaired) electrons. The van der Waals surface area contributed by atoms with Crippen LogP contribution >= 0.6 is 0 Å². The fraction of sp³-hybridized carbons (Fsp3) is 0.200. The molecule has 0 amide bonds. The molecule has 0 atom stereocenters. The van der Waals surface area contributed by atoms with Crippen LogP contribution in [0.1, 0.15) is 5.56 Å². The Balaban J connectivity index is 2.09. The lowest BCUT2D eigenvalue weighted by atomic mass is 9.99. The lowest BCUT2D eigenvalue weighted by Crippen LogP contribution is -2.27. The number of rotatable bonds is 7. The first-order valence-electron chi connectivity index (χ1n) is 9.48. The molecule has 0 aliphatic heterocycles. The highest BCUT2D eigenvalue weighted by molar-refractivity contribution is 5.88. The predicted octanol–water partition coefficient (Wildman–Crippen LogP) is 3.66. The van der Waals surface area contributed by atoms with E-state index in [0.29, 0.717) is 18.8 Å². The van der Waals surface area contributed by atoms with Crippen molar-refractivity contribution in [2.75, 3.05) is 27.2 Å². The Morgan fingerprint density at radius 1 is 1.04 bits per heavy atom. The van der Waals surface area contributed by atoms with Crippen molar-refractivity contribution in [1.29, 1.82) is 0 Å². The molecule has 0 bridgehead atoms. The molecule has 0 aliphatic carbocycles. The van der Waals surface area contributed by atoms with E-state index in [-0.39, 0.29) is 0 Å². The molecule has 0 spiro atoms. The summed E-state index contributed by atoms with van der Waals surface area (Å²) in [7, 11) is 4.05. The topological polar surface area (TPSA) is 32.7 Å². The summed E-state index contributed by atoms with van der Waals surface area (Å²) in [5, 5.41) is 15.0. The van der Waals surface area contributed by atoms with Crippen LogP contribution in [-0.4, -0.2) is 37.3 Å². The summed E-state index contributed by atoms with van der Waals surface area (Å²) in [6, 6.07) is 20.1. The first-order chi connectivity index (χ1) is 13.6. The van der Waals surface area contributed by atoms with Gasteiger partial charge in [-0.1, -0.05) is 73.3 Å². The van der Waals surface area contributed by atoms with Gasteiger partial charge in [0.25, 0.3) is 0 Å². The Morgan fingerprint density at radius 3 is 2.57 bits per heavy atom. The number of benzene rings is 3. The van der Waals surface area contributed by atoms with Crippen LogP contribution in [0, 0.1) is 0 Å². The number of allylic oxidation sites excluding steroid dienone is 1. The molecule has 0 aromatic heterocycles. The molecule has 0 heterocycles. The smallest absolute Gasteiger partial charge is 0.123 e. The van der Waals surface area contributed by atoms with Crippen LogP contribution in [-0.2, 0) is 6.42 Å². The van der Waals surface area contributed by atoms with Gasteiger partial charge in [-0.3, -0.25) is 0 Å². The van der Waals surface area contributed by atoms with E-state index >= 15 is 0 Å². The maximum Gasteiger partial charge on any atom is 0.123 e. The van der Waals surface area contributed by atoms with E-state index in [1.54, 1.807) is 6.08 Å². The number of aliphatic hydroxyl groups excluding tert-OH is 1. The minimum absolute atomic E-state index is 0.322. The Hall–Kier alpha value is -3.04. The molecular weight excluding hydrogens is 346 g/mol. The molecule has 1 N–H and O–H groups in total. The van der Waals surface area contributed by atoms with E-state index in [1.165, 1.54) is 0 Å². The number of fused-ring (bicyclic) bond motifs is 1. The fourth-order valence-electron chi connectivity index (χ4n) is 3.27. The largest absolute Gasteiger partial charge is 0.511 e. The number of ether oxygens (including phenoxy) is 1. The normalized spacial score (nSPS) is 13.0. The first kappa shape index (κ1) is 19.7. The van der Waals surface area contributed by atoms with Gasteiger partial charge in [0.15, 0.2) is 0 Å². The molecule has 3 heteroatoms. The summed E-state index contributed by atoms with van der Waals surface area (Å²) in [5.41, 5.74) is 1.00. The third-order valence-electron chi connectivity index (χ3n) is 4.71.